The molecule has 5 heteroatoms. The lowest BCUT2D eigenvalue weighted by atomic mass is 10.0. The van der Waals surface area contributed by atoms with Gasteiger partial charge in [-0.25, -0.2) is 15.0 Å². The summed E-state index contributed by atoms with van der Waals surface area (Å²) in [6, 6.07) is 63.7. The number of aromatic nitrogens is 4. The average molecular weight is 745 g/mol. The van der Waals surface area contributed by atoms with E-state index in [2.05, 4.69) is 181 Å². The Balaban J connectivity index is 1.07. The number of benzene rings is 8. The van der Waals surface area contributed by atoms with Crippen molar-refractivity contribution in [1.29, 1.82) is 0 Å². The Morgan fingerprint density at radius 1 is 0.483 bits per heavy atom. The van der Waals surface area contributed by atoms with Gasteiger partial charge in [0.2, 0.25) is 0 Å². The van der Waals surface area contributed by atoms with Crippen LogP contribution in [0.15, 0.2) is 186 Å². The molecule has 0 spiro atoms. The third kappa shape index (κ3) is 5.92. The van der Waals surface area contributed by atoms with Crippen molar-refractivity contribution in [2.45, 2.75) is 13.3 Å². The van der Waals surface area contributed by atoms with Crippen LogP contribution in [0.3, 0.4) is 0 Å². The Morgan fingerprint density at radius 2 is 1.10 bits per heavy atom. The van der Waals surface area contributed by atoms with Crippen LogP contribution >= 0.6 is 0 Å². The molecule has 274 valence electrons. The molecule has 0 aliphatic rings. The Bertz CT molecular complexity index is 3390. The monoisotopic (exact) mass is 744 g/mol. The molecule has 0 fully saturated rings. The standard InChI is InChI=1S/C53H36N4O/c1-34(57-47-24-11-9-22-43(47)45-31-39-18-7-8-19-40(39)32-48(45)57)28-46-44-23-10-12-25-49(44)58-50(46)33-51-54-52(41-21-13-20-38(29-41)35-14-3-2-4-15-35)56-53(55-51)42-27-26-36-16-5-6-17-37(36)30-42/h2-32H,33H2,1H3/b34-28+. The minimum Gasteiger partial charge on any atom is -0.460 e. The van der Waals surface area contributed by atoms with Gasteiger partial charge < -0.3 is 8.98 Å². The summed E-state index contributed by atoms with van der Waals surface area (Å²) in [7, 11) is 0. The Labute approximate surface area is 335 Å². The van der Waals surface area contributed by atoms with Crippen molar-refractivity contribution >= 4 is 66.1 Å². The Kier molecular flexibility index (Phi) is 8.04. The van der Waals surface area contributed by atoms with Gasteiger partial charge in [0.1, 0.15) is 17.2 Å². The molecule has 0 aliphatic heterocycles. The minimum atomic E-state index is 0.375. The van der Waals surface area contributed by atoms with E-state index in [0.29, 0.717) is 23.9 Å². The van der Waals surface area contributed by atoms with Gasteiger partial charge in [0.15, 0.2) is 11.6 Å². The van der Waals surface area contributed by atoms with Crippen LogP contribution in [0.25, 0.3) is 100.0 Å². The maximum Gasteiger partial charge on any atom is 0.163 e. The lowest BCUT2D eigenvalue weighted by Gasteiger charge is -2.11. The van der Waals surface area contributed by atoms with Gasteiger partial charge >= 0.3 is 0 Å². The molecule has 0 saturated carbocycles. The highest BCUT2D eigenvalue weighted by atomic mass is 16.3. The van der Waals surface area contributed by atoms with E-state index in [4.69, 9.17) is 19.4 Å². The first kappa shape index (κ1) is 33.7. The molecule has 0 aliphatic carbocycles. The number of hydrogen-bond donors (Lipinski definition) is 0. The largest absolute Gasteiger partial charge is 0.460 e. The molecular formula is C53H36N4O. The highest BCUT2D eigenvalue weighted by Crippen LogP contribution is 2.37. The van der Waals surface area contributed by atoms with Gasteiger partial charge in [0.05, 0.1) is 17.5 Å². The van der Waals surface area contributed by atoms with Gasteiger partial charge in [-0.2, -0.15) is 0 Å². The number of rotatable bonds is 7. The fourth-order valence-corrected chi connectivity index (χ4v) is 8.41. The summed E-state index contributed by atoms with van der Waals surface area (Å²) < 4.78 is 9.10. The SMILES string of the molecule is C/C(=C\c1c(Cc2nc(-c3cccc(-c4ccccc4)c3)nc(-c3ccc4ccccc4c3)n2)oc2ccccc12)n1c2ccccc2c2cc3ccccc3cc21. The van der Waals surface area contributed by atoms with E-state index in [1.54, 1.807) is 0 Å². The molecule has 0 unspecified atom stereocenters. The van der Waals surface area contributed by atoms with Crippen molar-refractivity contribution in [2.24, 2.45) is 0 Å². The predicted octanol–water partition coefficient (Wildman–Crippen LogP) is 13.6. The number of para-hydroxylation sites is 2. The van der Waals surface area contributed by atoms with Gasteiger partial charge in [-0.1, -0.05) is 146 Å². The van der Waals surface area contributed by atoms with Crippen molar-refractivity contribution in [1.82, 2.24) is 19.5 Å². The van der Waals surface area contributed by atoms with Gasteiger partial charge in [0, 0.05) is 38.5 Å². The van der Waals surface area contributed by atoms with E-state index < -0.39 is 0 Å². The smallest absolute Gasteiger partial charge is 0.163 e. The second kappa shape index (κ2) is 13.8. The molecule has 0 bridgehead atoms. The molecule has 8 aromatic carbocycles. The summed E-state index contributed by atoms with van der Waals surface area (Å²) in [4.78, 5) is 15.4. The van der Waals surface area contributed by atoms with Crippen LogP contribution in [-0.4, -0.2) is 19.5 Å². The van der Waals surface area contributed by atoms with Crippen LogP contribution in [0.2, 0.25) is 0 Å². The van der Waals surface area contributed by atoms with Crippen LogP contribution < -0.4 is 0 Å². The molecule has 58 heavy (non-hydrogen) atoms. The summed E-state index contributed by atoms with van der Waals surface area (Å²) in [6.07, 6.45) is 2.64. The molecule has 11 rings (SSSR count). The average Bonchev–Trinajstić information content (AvgIpc) is 3.79. The summed E-state index contributed by atoms with van der Waals surface area (Å²) in [5.74, 6) is 2.67. The first-order valence-corrected chi connectivity index (χ1v) is 19.6. The third-order valence-corrected chi connectivity index (χ3v) is 11.2. The van der Waals surface area contributed by atoms with Crippen LogP contribution in [0.4, 0.5) is 0 Å². The molecule has 0 atom stereocenters. The van der Waals surface area contributed by atoms with Crippen LogP contribution in [0.5, 0.6) is 0 Å². The highest BCUT2D eigenvalue weighted by Gasteiger charge is 2.20. The Hall–Kier alpha value is -7.63. The summed E-state index contributed by atoms with van der Waals surface area (Å²) in [5.41, 5.74) is 9.35. The highest BCUT2D eigenvalue weighted by molar-refractivity contribution is 6.14. The lowest BCUT2D eigenvalue weighted by molar-refractivity contribution is 0.556. The molecule has 3 heterocycles. The van der Waals surface area contributed by atoms with E-state index in [1.165, 1.54) is 32.4 Å². The van der Waals surface area contributed by atoms with Gasteiger partial charge in [-0.15, -0.1) is 0 Å². The van der Waals surface area contributed by atoms with Crippen molar-refractivity contribution in [3.63, 3.8) is 0 Å². The van der Waals surface area contributed by atoms with Crippen molar-refractivity contribution in [3.05, 3.63) is 199 Å². The molecule has 5 nitrogen and oxygen atoms in total. The van der Waals surface area contributed by atoms with Gasteiger partial charge in [-0.3, -0.25) is 0 Å². The number of furan rings is 1. The number of allylic oxidation sites excluding steroid dienone is 1. The quantitative estimate of drug-likeness (QED) is 0.163. The first-order chi connectivity index (χ1) is 28.6. The Morgan fingerprint density at radius 3 is 1.91 bits per heavy atom. The predicted molar refractivity (Wildman–Crippen MR) is 239 cm³/mol. The van der Waals surface area contributed by atoms with Crippen LogP contribution in [0.1, 0.15) is 24.1 Å². The van der Waals surface area contributed by atoms with Crippen molar-refractivity contribution in [2.75, 3.05) is 0 Å². The van der Waals surface area contributed by atoms with Crippen LogP contribution in [-0.2, 0) is 6.42 Å². The topological polar surface area (TPSA) is 56.7 Å². The van der Waals surface area contributed by atoms with Crippen molar-refractivity contribution < 1.29 is 4.42 Å². The first-order valence-electron chi connectivity index (χ1n) is 19.6. The van der Waals surface area contributed by atoms with E-state index in [1.807, 2.05) is 18.2 Å². The number of fused-ring (bicyclic) bond motifs is 6. The molecular weight excluding hydrogens is 709 g/mol. The van der Waals surface area contributed by atoms with E-state index in [9.17, 15) is 0 Å². The second-order valence-electron chi connectivity index (χ2n) is 14.9. The van der Waals surface area contributed by atoms with E-state index >= 15 is 0 Å². The normalized spacial score (nSPS) is 12.1. The number of nitrogens with zero attached hydrogens (tertiary/aromatic N) is 4. The lowest BCUT2D eigenvalue weighted by Crippen LogP contribution is -2.04. The fourth-order valence-electron chi connectivity index (χ4n) is 8.41. The third-order valence-electron chi connectivity index (χ3n) is 11.2. The fraction of sp³-hybridized carbons (Fsp3) is 0.0377. The van der Waals surface area contributed by atoms with Gasteiger partial charge in [-0.05, 0) is 82.1 Å². The molecule has 0 saturated heterocycles. The second-order valence-corrected chi connectivity index (χ2v) is 14.9. The van der Waals surface area contributed by atoms with Crippen LogP contribution in [0, 0.1) is 0 Å². The maximum absolute atomic E-state index is 6.73. The summed E-state index contributed by atoms with van der Waals surface area (Å²) in [6.45, 7) is 2.19. The molecule has 0 N–H and O–H groups in total. The van der Waals surface area contributed by atoms with E-state index in [-0.39, 0.29) is 0 Å². The molecule has 3 aromatic heterocycles. The summed E-state index contributed by atoms with van der Waals surface area (Å²) >= 11 is 0. The van der Waals surface area contributed by atoms with E-state index in [0.717, 1.165) is 61.1 Å². The van der Waals surface area contributed by atoms with Crippen molar-refractivity contribution in [3.8, 4) is 33.9 Å². The molecule has 11 aromatic rings. The maximum atomic E-state index is 6.73. The van der Waals surface area contributed by atoms with Gasteiger partial charge in [0.25, 0.3) is 0 Å². The zero-order valence-corrected chi connectivity index (χ0v) is 31.8. The minimum absolute atomic E-state index is 0.375. The zero-order valence-electron chi connectivity index (χ0n) is 31.8. The zero-order chi connectivity index (χ0) is 38.6. The number of hydrogen-bond acceptors (Lipinski definition) is 4. The molecule has 0 amide bonds. The molecule has 0 radical (unpaired) electrons. The summed E-state index contributed by atoms with van der Waals surface area (Å²) in [5, 5.41) is 8.24.